The zero-order valence-corrected chi connectivity index (χ0v) is 19.1. The Morgan fingerprint density at radius 1 is 0.848 bits per heavy atom. The second kappa shape index (κ2) is 8.56. The van der Waals surface area contributed by atoms with Crippen molar-refractivity contribution in [3.8, 4) is 5.75 Å². The number of hydrogen-bond acceptors (Lipinski definition) is 5. The Bertz CT molecular complexity index is 1370. The van der Waals surface area contributed by atoms with Crippen molar-refractivity contribution >= 4 is 50.9 Å². The number of rotatable bonds is 6. The standard InChI is InChI=1S/C27H22N2O3S/c1-17(2)32-20-14-12-19(13-15-20)29-26(30)24(23-11-6-16-33-23)25(27(29)31)28-22-10-5-8-18-7-3-4-9-21(18)22/h3-17,28H,1-2H3. The Hall–Kier alpha value is -3.90. The lowest BCUT2D eigenvalue weighted by molar-refractivity contribution is -0.120. The lowest BCUT2D eigenvalue weighted by Gasteiger charge is -2.17. The molecule has 1 aliphatic heterocycles. The summed E-state index contributed by atoms with van der Waals surface area (Å²) in [5, 5.41) is 7.22. The number of amides is 2. The number of nitrogens with zero attached hydrogens (tertiary/aromatic N) is 1. The van der Waals surface area contributed by atoms with Crippen LogP contribution in [0, 0.1) is 0 Å². The van der Waals surface area contributed by atoms with Gasteiger partial charge in [-0.25, -0.2) is 4.90 Å². The third-order valence-electron chi connectivity index (χ3n) is 5.37. The second-order valence-electron chi connectivity index (χ2n) is 7.99. The zero-order valence-electron chi connectivity index (χ0n) is 18.2. The molecule has 1 aliphatic rings. The van der Waals surface area contributed by atoms with E-state index in [-0.39, 0.29) is 23.6 Å². The molecule has 0 unspecified atom stereocenters. The maximum Gasteiger partial charge on any atom is 0.282 e. The zero-order chi connectivity index (χ0) is 22.9. The first kappa shape index (κ1) is 21.0. The van der Waals surface area contributed by atoms with Crippen LogP contribution in [0.4, 0.5) is 11.4 Å². The van der Waals surface area contributed by atoms with Crippen LogP contribution in [0.5, 0.6) is 5.75 Å². The number of imide groups is 1. The number of ether oxygens (including phenoxy) is 1. The van der Waals surface area contributed by atoms with Gasteiger partial charge in [-0.1, -0.05) is 42.5 Å². The Kier molecular flexibility index (Phi) is 5.44. The molecule has 0 bridgehead atoms. The SMILES string of the molecule is CC(C)Oc1ccc(N2C(=O)C(Nc3cccc4ccccc34)=C(c3cccs3)C2=O)cc1. The number of nitrogens with one attached hydrogen (secondary N) is 1. The van der Waals surface area contributed by atoms with Crippen LogP contribution >= 0.6 is 11.3 Å². The highest BCUT2D eigenvalue weighted by Gasteiger charge is 2.40. The molecule has 0 aliphatic carbocycles. The van der Waals surface area contributed by atoms with Gasteiger partial charge in [0.05, 0.1) is 17.4 Å². The van der Waals surface area contributed by atoms with Crippen LogP contribution in [0.2, 0.25) is 0 Å². The van der Waals surface area contributed by atoms with Crippen molar-refractivity contribution < 1.29 is 14.3 Å². The molecule has 164 valence electrons. The second-order valence-corrected chi connectivity index (χ2v) is 8.93. The van der Waals surface area contributed by atoms with E-state index in [4.69, 9.17) is 4.74 Å². The minimum absolute atomic E-state index is 0.0366. The highest BCUT2D eigenvalue weighted by Crippen LogP contribution is 2.37. The molecule has 0 fully saturated rings. The van der Waals surface area contributed by atoms with Gasteiger partial charge >= 0.3 is 0 Å². The average molecular weight is 455 g/mol. The van der Waals surface area contributed by atoms with E-state index in [9.17, 15) is 9.59 Å². The van der Waals surface area contributed by atoms with E-state index in [1.807, 2.05) is 73.8 Å². The van der Waals surface area contributed by atoms with Crippen molar-refractivity contribution in [3.63, 3.8) is 0 Å². The van der Waals surface area contributed by atoms with Gasteiger partial charge in [-0.15, -0.1) is 11.3 Å². The first-order chi connectivity index (χ1) is 16.0. The Labute approximate surface area is 195 Å². The van der Waals surface area contributed by atoms with E-state index in [1.165, 1.54) is 16.2 Å². The number of anilines is 2. The summed E-state index contributed by atoms with van der Waals surface area (Å²) in [5.74, 6) is -0.0371. The summed E-state index contributed by atoms with van der Waals surface area (Å²) >= 11 is 1.43. The van der Waals surface area contributed by atoms with Crippen LogP contribution in [0.1, 0.15) is 18.7 Å². The Morgan fingerprint density at radius 2 is 1.61 bits per heavy atom. The van der Waals surface area contributed by atoms with E-state index in [2.05, 4.69) is 5.32 Å². The van der Waals surface area contributed by atoms with Crippen molar-refractivity contribution in [2.75, 3.05) is 10.2 Å². The van der Waals surface area contributed by atoms with E-state index < -0.39 is 0 Å². The topological polar surface area (TPSA) is 58.6 Å². The molecule has 5 nitrogen and oxygen atoms in total. The molecule has 2 heterocycles. The smallest absolute Gasteiger partial charge is 0.282 e. The summed E-state index contributed by atoms with van der Waals surface area (Å²) in [4.78, 5) is 29.1. The maximum atomic E-state index is 13.6. The lowest BCUT2D eigenvalue weighted by Crippen LogP contribution is -2.32. The lowest BCUT2D eigenvalue weighted by atomic mass is 10.1. The van der Waals surface area contributed by atoms with E-state index in [0.29, 0.717) is 17.0 Å². The quantitative estimate of drug-likeness (QED) is 0.359. The van der Waals surface area contributed by atoms with Crippen LogP contribution in [0.25, 0.3) is 16.3 Å². The minimum Gasteiger partial charge on any atom is -0.491 e. The molecule has 2 amide bonds. The monoisotopic (exact) mass is 454 g/mol. The van der Waals surface area contributed by atoms with Gasteiger partial charge in [-0.2, -0.15) is 0 Å². The molecule has 6 heteroatoms. The van der Waals surface area contributed by atoms with Crippen molar-refractivity contribution in [2.45, 2.75) is 20.0 Å². The van der Waals surface area contributed by atoms with E-state index in [0.717, 1.165) is 21.3 Å². The normalized spacial score (nSPS) is 14.0. The number of carbonyl (C=O) groups excluding carboxylic acids is 2. The molecule has 5 rings (SSSR count). The van der Waals surface area contributed by atoms with Crippen LogP contribution in [-0.2, 0) is 9.59 Å². The molecule has 4 aromatic rings. The molecule has 0 radical (unpaired) electrons. The third-order valence-corrected chi connectivity index (χ3v) is 6.25. The Morgan fingerprint density at radius 3 is 2.33 bits per heavy atom. The number of carbonyl (C=O) groups is 2. The average Bonchev–Trinajstić information content (AvgIpc) is 3.41. The summed E-state index contributed by atoms with van der Waals surface area (Å²) in [7, 11) is 0. The van der Waals surface area contributed by atoms with Gasteiger partial charge in [-0.05, 0) is 61.0 Å². The number of thiophene rings is 1. The van der Waals surface area contributed by atoms with Crippen LogP contribution in [-0.4, -0.2) is 17.9 Å². The van der Waals surface area contributed by atoms with Gasteiger partial charge in [0.1, 0.15) is 11.4 Å². The fourth-order valence-corrected chi connectivity index (χ4v) is 4.71. The molecule has 33 heavy (non-hydrogen) atoms. The molecular formula is C27H22N2O3S. The number of benzene rings is 3. The minimum atomic E-state index is -0.381. The van der Waals surface area contributed by atoms with Gasteiger partial charge in [0, 0.05) is 16.0 Å². The molecule has 0 spiro atoms. The summed E-state index contributed by atoms with van der Waals surface area (Å²) in [6.45, 7) is 3.90. The molecule has 0 atom stereocenters. The molecule has 0 saturated heterocycles. The third kappa shape index (κ3) is 3.90. The van der Waals surface area contributed by atoms with Crippen molar-refractivity contribution in [2.24, 2.45) is 0 Å². The highest BCUT2D eigenvalue weighted by molar-refractivity contribution is 7.11. The van der Waals surface area contributed by atoms with Crippen LogP contribution in [0.3, 0.4) is 0 Å². The van der Waals surface area contributed by atoms with Crippen molar-refractivity contribution in [1.82, 2.24) is 0 Å². The van der Waals surface area contributed by atoms with Gasteiger partial charge in [0.2, 0.25) is 0 Å². The molecule has 3 aromatic carbocycles. The van der Waals surface area contributed by atoms with Gasteiger partial charge < -0.3 is 10.1 Å². The van der Waals surface area contributed by atoms with Crippen molar-refractivity contribution in [1.29, 1.82) is 0 Å². The molecule has 0 saturated carbocycles. The summed E-state index contributed by atoms with van der Waals surface area (Å²) in [6, 6.07) is 24.6. The van der Waals surface area contributed by atoms with Crippen LogP contribution < -0.4 is 15.0 Å². The summed E-state index contributed by atoms with van der Waals surface area (Å²) in [6.07, 6.45) is 0.0366. The van der Waals surface area contributed by atoms with Gasteiger partial charge in [-0.3, -0.25) is 9.59 Å². The largest absolute Gasteiger partial charge is 0.491 e. The van der Waals surface area contributed by atoms with Crippen LogP contribution in [0.15, 0.2) is 89.9 Å². The number of hydrogen-bond donors (Lipinski definition) is 1. The van der Waals surface area contributed by atoms with Crippen molar-refractivity contribution in [3.05, 3.63) is 94.8 Å². The molecule has 1 N–H and O–H groups in total. The fraction of sp³-hybridized carbons (Fsp3) is 0.111. The van der Waals surface area contributed by atoms with E-state index >= 15 is 0 Å². The summed E-state index contributed by atoms with van der Waals surface area (Å²) in [5.41, 5.74) is 1.94. The number of fused-ring (bicyclic) bond motifs is 1. The predicted molar refractivity (Wildman–Crippen MR) is 134 cm³/mol. The molecular weight excluding hydrogens is 432 g/mol. The first-order valence-corrected chi connectivity index (χ1v) is 11.6. The molecule has 1 aromatic heterocycles. The van der Waals surface area contributed by atoms with Gasteiger partial charge in [0.25, 0.3) is 11.8 Å². The van der Waals surface area contributed by atoms with E-state index in [1.54, 1.807) is 24.3 Å². The highest BCUT2D eigenvalue weighted by atomic mass is 32.1. The fourth-order valence-electron chi connectivity index (χ4n) is 3.94. The maximum absolute atomic E-state index is 13.6. The summed E-state index contributed by atoms with van der Waals surface area (Å²) < 4.78 is 5.70. The first-order valence-electron chi connectivity index (χ1n) is 10.7. The Balaban J connectivity index is 1.56. The van der Waals surface area contributed by atoms with Gasteiger partial charge in [0.15, 0.2) is 0 Å². The predicted octanol–water partition coefficient (Wildman–Crippen LogP) is 6.09.